The summed E-state index contributed by atoms with van der Waals surface area (Å²) >= 11 is 0. The van der Waals surface area contributed by atoms with Gasteiger partial charge in [0.2, 0.25) is 5.95 Å². The van der Waals surface area contributed by atoms with E-state index in [-0.39, 0.29) is 5.41 Å². The van der Waals surface area contributed by atoms with Gasteiger partial charge in [-0.15, -0.1) is 0 Å². The molecule has 0 amide bonds. The van der Waals surface area contributed by atoms with Gasteiger partial charge < -0.3 is 8.98 Å². The predicted molar refractivity (Wildman–Crippen MR) is 270 cm³/mol. The standard InChI is InChI=1S/C60H39N5O/c1-60(2)48-22-10-6-17-41(48)45-33-34-46-44-20-9-11-23-49(44)64(56(46)55(45)60)39-30-27-37(28-31-39)57-61-58(63-59(62-57)65-50-24-12-7-18-42(50)43-19-8-13-25-51(43)65)38-29-32-47-53(35-38)66-52-26-14-21-40(54(47)52)36-15-4-3-5-16-36/h3-35H,1-2H3. The molecule has 4 heterocycles. The van der Waals surface area contributed by atoms with E-state index in [1.807, 2.05) is 12.1 Å². The molecule has 0 radical (unpaired) electrons. The number of nitrogens with zero attached hydrogens (tertiary/aromatic N) is 5. The third-order valence-corrected chi connectivity index (χ3v) is 14.0. The number of aromatic nitrogens is 5. The van der Waals surface area contributed by atoms with Crippen LogP contribution in [0.15, 0.2) is 205 Å². The van der Waals surface area contributed by atoms with Gasteiger partial charge in [-0.25, -0.2) is 4.98 Å². The number of hydrogen-bond donors (Lipinski definition) is 0. The summed E-state index contributed by atoms with van der Waals surface area (Å²) in [4.78, 5) is 15.9. The first-order chi connectivity index (χ1) is 32.5. The molecular weight excluding hydrogens is 807 g/mol. The molecule has 0 aliphatic heterocycles. The molecule has 0 unspecified atom stereocenters. The highest BCUT2D eigenvalue weighted by molar-refractivity contribution is 6.14. The van der Waals surface area contributed by atoms with Crippen molar-refractivity contribution in [3.05, 3.63) is 211 Å². The molecule has 0 N–H and O–H groups in total. The van der Waals surface area contributed by atoms with Crippen molar-refractivity contribution < 1.29 is 4.42 Å². The van der Waals surface area contributed by atoms with E-state index in [0.29, 0.717) is 17.6 Å². The first-order valence-corrected chi connectivity index (χ1v) is 22.5. The highest BCUT2D eigenvalue weighted by Crippen LogP contribution is 2.53. The highest BCUT2D eigenvalue weighted by atomic mass is 16.3. The first-order valence-electron chi connectivity index (χ1n) is 22.5. The summed E-state index contributed by atoms with van der Waals surface area (Å²) in [6.45, 7) is 4.73. The third-order valence-electron chi connectivity index (χ3n) is 14.0. The molecule has 1 aliphatic carbocycles. The third kappa shape index (κ3) is 5.21. The number of rotatable bonds is 5. The van der Waals surface area contributed by atoms with Gasteiger partial charge in [0.25, 0.3) is 0 Å². The van der Waals surface area contributed by atoms with E-state index >= 15 is 0 Å². The second-order valence-corrected chi connectivity index (χ2v) is 18.0. The van der Waals surface area contributed by atoms with Crippen LogP contribution in [0.25, 0.3) is 122 Å². The van der Waals surface area contributed by atoms with Crippen molar-refractivity contribution in [3.8, 4) is 56.7 Å². The van der Waals surface area contributed by atoms with E-state index < -0.39 is 0 Å². The van der Waals surface area contributed by atoms with Crippen LogP contribution >= 0.6 is 0 Å². The van der Waals surface area contributed by atoms with Crippen molar-refractivity contribution >= 4 is 65.6 Å². The van der Waals surface area contributed by atoms with E-state index in [2.05, 4.69) is 211 Å². The van der Waals surface area contributed by atoms with Gasteiger partial charge in [0.1, 0.15) is 11.2 Å². The Bertz CT molecular complexity index is 4080. The van der Waals surface area contributed by atoms with Crippen molar-refractivity contribution in [1.29, 1.82) is 0 Å². The Morgan fingerprint density at radius 1 is 0.409 bits per heavy atom. The molecule has 9 aromatic carbocycles. The number of hydrogen-bond acceptors (Lipinski definition) is 4. The number of furan rings is 1. The van der Waals surface area contributed by atoms with Gasteiger partial charge in [0.05, 0.1) is 22.1 Å². The minimum atomic E-state index is -0.183. The quantitative estimate of drug-likeness (QED) is 0.173. The number of para-hydroxylation sites is 3. The molecule has 13 aromatic rings. The van der Waals surface area contributed by atoms with Gasteiger partial charge in [-0.3, -0.25) is 4.57 Å². The summed E-state index contributed by atoms with van der Waals surface area (Å²) in [5.74, 6) is 1.69. The van der Waals surface area contributed by atoms with Crippen LogP contribution in [-0.4, -0.2) is 24.1 Å². The van der Waals surface area contributed by atoms with Crippen molar-refractivity contribution in [2.75, 3.05) is 0 Å². The Balaban J connectivity index is 0.962. The Hall–Kier alpha value is -8.61. The van der Waals surface area contributed by atoms with Crippen LogP contribution < -0.4 is 0 Å². The maximum absolute atomic E-state index is 6.60. The van der Waals surface area contributed by atoms with E-state index in [1.165, 1.54) is 44.1 Å². The normalized spacial score (nSPS) is 13.1. The average molecular weight is 846 g/mol. The summed E-state index contributed by atoms with van der Waals surface area (Å²) in [7, 11) is 0. The molecule has 0 atom stereocenters. The smallest absolute Gasteiger partial charge is 0.238 e. The molecule has 0 bridgehead atoms. The molecular formula is C60H39N5O. The first kappa shape index (κ1) is 36.8. The second-order valence-electron chi connectivity index (χ2n) is 18.0. The van der Waals surface area contributed by atoms with Crippen LogP contribution in [0.3, 0.4) is 0 Å². The summed E-state index contributed by atoms with van der Waals surface area (Å²) in [5, 5.41) is 6.91. The van der Waals surface area contributed by atoms with E-state index in [4.69, 9.17) is 19.4 Å². The molecule has 4 aromatic heterocycles. The molecule has 14 rings (SSSR count). The fourth-order valence-corrected chi connectivity index (χ4v) is 11.0. The lowest BCUT2D eigenvalue weighted by Crippen LogP contribution is -2.16. The highest BCUT2D eigenvalue weighted by Gasteiger charge is 2.38. The van der Waals surface area contributed by atoms with Crippen molar-refractivity contribution in [2.24, 2.45) is 0 Å². The maximum Gasteiger partial charge on any atom is 0.238 e. The van der Waals surface area contributed by atoms with Crippen LogP contribution in [0.1, 0.15) is 25.0 Å². The van der Waals surface area contributed by atoms with Gasteiger partial charge in [-0.2, -0.15) is 9.97 Å². The van der Waals surface area contributed by atoms with Gasteiger partial charge in [0, 0.05) is 54.5 Å². The Kier molecular flexibility index (Phi) is 7.64. The van der Waals surface area contributed by atoms with Crippen LogP contribution in [0.5, 0.6) is 0 Å². The molecule has 1 aliphatic rings. The summed E-state index contributed by atoms with van der Waals surface area (Å²) < 4.78 is 11.2. The Morgan fingerprint density at radius 2 is 1.00 bits per heavy atom. The zero-order valence-corrected chi connectivity index (χ0v) is 36.2. The fraction of sp³-hybridized carbons (Fsp3) is 0.0500. The second kappa shape index (κ2) is 13.7. The van der Waals surface area contributed by atoms with Gasteiger partial charge in [-0.1, -0.05) is 153 Å². The van der Waals surface area contributed by atoms with Crippen LogP contribution in [0.2, 0.25) is 0 Å². The minimum Gasteiger partial charge on any atom is -0.456 e. The topological polar surface area (TPSA) is 61.7 Å². The SMILES string of the molecule is CC1(C)c2ccccc2-c2ccc3c4ccccc4n(-c4ccc(-c5nc(-c6ccc7c(c6)oc6cccc(-c8ccccc8)c67)nc(-n6c7ccccc7c7ccccc76)n5)cc4)c3c21. The van der Waals surface area contributed by atoms with Crippen molar-refractivity contribution in [2.45, 2.75) is 19.3 Å². The van der Waals surface area contributed by atoms with E-state index in [1.54, 1.807) is 0 Å². The predicted octanol–water partition coefficient (Wildman–Crippen LogP) is 15.3. The molecule has 0 saturated carbocycles. The van der Waals surface area contributed by atoms with Crippen LogP contribution in [-0.2, 0) is 5.41 Å². The van der Waals surface area contributed by atoms with Crippen molar-refractivity contribution in [1.82, 2.24) is 24.1 Å². The van der Waals surface area contributed by atoms with E-state index in [0.717, 1.165) is 71.7 Å². The van der Waals surface area contributed by atoms with Crippen LogP contribution in [0, 0.1) is 0 Å². The summed E-state index contributed by atoms with van der Waals surface area (Å²) in [6.07, 6.45) is 0. The summed E-state index contributed by atoms with van der Waals surface area (Å²) in [5.41, 5.74) is 16.3. The Labute approximate surface area is 379 Å². The molecule has 6 heteroatoms. The molecule has 66 heavy (non-hydrogen) atoms. The molecule has 0 fully saturated rings. The number of fused-ring (bicyclic) bond motifs is 13. The number of benzene rings is 9. The monoisotopic (exact) mass is 845 g/mol. The lowest BCUT2D eigenvalue weighted by molar-refractivity contribution is 0.664. The Morgan fingerprint density at radius 3 is 1.74 bits per heavy atom. The molecule has 6 nitrogen and oxygen atoms in total. The summed E-state index contributed by atoms with van der Waals surface area (Å²) in [6, 6.07) is 71.0. The lowest BCUT2D eigenvalue weighted by Gasteiger charge is -2.23. The van der Waals surface area contributed by atoms with Gasteiger partial charge in [0.15, 0.2) is 11.6 Å². The molecule has 0 saturated heterocycles. The largest absolute Gasteiger partial charge is 0.456 e. The zero-order chi connectivity index (χ0) is 43.7. The van der Waals surface area contributed by atoms with Crippen LogP contribution in [0.4, 0.5) is 0 Å². The molecule has 310 valence electrons. The fourth-order valence-electron chi connectivity index (χ4n) is 11.0. The maximum atomic E-state index is 6.60. The van der Waals surface area contributed by atoms with Crippen molar-refractivity contribution in [3.63, 3.8) is 0 Å². The average Bonchev–Trinajstić information content (AvgIpc) is 4.09. The van der Waals surface area contributed by atoms with Gasteiger partial charge in [-0.05, 0) is 94.0 Å². The zero-order valence-electron chi connectivity index (χ0n) is 36.2. The van der Waals surface area contributed by atoms with E-state index in [9.17, 15) is 0 Å². The lowest BCUT2D eigenvalue weighted by atomic mass is 9.81. The van der Waals surface area contributed by atoms with Gasteiger partial charge >= 0.3 is 0 Å². The molecule has 0 spiro atoms. The minimum absolute atomic E-state index is 0.183.